The summed E-state index contributed by atoms with van der Waals surface area (Å²) in [6, 6.07) is 7.15. The number of quaternary nitrogens is 1. The highest BCUT2D eigenvalue weighted by atomic mass is 16.4. The van der Waals surface area contributed by atoms with Crippen LogP contribution in [0.1, 0.15) is 26.7 Å². The second-order valence-electron chi connectivity index (χ2n) is 7.48. The molecule has 6 nitrogen and oxygen atoms in total. The van der Waals surface area contributed by atoms with E-state index in [4.69, 9.17) is 4.42 Å². The minimum absolute atomic E-state index is 0.000482. The summed E-state index contributed by atoms with van der Waals surface area (Å²) in [7, 11) is 0. The van der Waals surface area contributed by atoms with Crippen molar-refractivity contribution in [3.63, 3.8) is 0 Å². The number of benzene rings is 1. The van der Waals surface area contributed by atoms with Crippen LogP contribution >= 0.6 is 0 Å². The number of piperidine rings is 1. The fraction of sp³-hybridized carbons (Fsp3) is 0.579. The van der Waals surface area contributed by atoms with Gasteiger partial charge in [-0.25, -0.2) is 4.79 Å². The van der Waals surface area contributed by atoms with Gasteiger partial charge in [0.2, 0.25) is 5.91 Å². The van der Waals surface area contributed by atoms with Crippen molar-refractivity contribution in [1.29, 1.82) is 0 Å². The maximum Gasteiger partial charge on any atom is 0.420 e. The Morgan fingerprint density at radius 1 is 1.28 bits per heavy atom. The zero-order valence-corrected chi connectivity index (χ0v) is 15.1. The summed E-state index contributed by atoms with van der Waals surface area (Å²) < 4.78 is 6.53. The molecule has 2 heterocycles. The highest BCUT2D eigenvalue weighted by molar-refractivity contribution is 5.79. The molecule has 0 bridgehead atoms. The van der Waals surface area contributed by atoms with Crippen molar-refractivity contribution >= 4 is 17.0 Å². The van der Waals surface area contributed by atoms with E-state index in [-0.39, 0.29) is 12.5 Å². The third-order valence-electron chi connectivity index (χ3n) is 4.98. The van der Waals surface area contributed by atoms with Crippen LogP contribution in [0, 0.1) is 11.8 Å². The molecule has 0 aliphatic carbocycles. The topological polar surface area (TPSA) is 68.7 Å². The first-order valence-corrected chi connectivity index (χ1v) is 9.21. The number of nitrogens with zero attached hydrogens (tertiary/aromatic N) is 1. The minimum Gasteiger partial charge on any atom is -0.408 e. The standard InChI is InChI=1S/C19H27N3O3/c1-14-10-15(2)12-21(11-14)9-5-8-20-18(23)13-22-16-6-3-4-7-17(16)25-19(22)24/h3-4,6-7,14-15H,5,8-13H2,1-2H3,(H,20,23)/p+1. The van der Waals surface area contributed by atoms with Crippen molar-refractivity contribution in [1.82, 2.24) is 9.88 Å². The zero-order chi connectivity index (χ0) is 17.8. The molecule has 1 fully saturated rings. The maximum absolute atomic E-state index is 12.1. The SMILES string of the molecule is CC1CC(C)C[NH+](CCCNC(=O)Cn2c(=O)oc3ccccc32)C1. The van der Waals surface area contributed by atoms with E-state index in [1.54, 1.807) is 23.1 Å². The molecular weight excluding hydrogens is 318 g/mol. The average Bonchev–Trinajstić information content (AvgIpc) is 2.87. The van der Waals surface area contributed by atoms with Crippen molar-refractivity contribution in [2.45, 2.75) is 33.2 Å². The molecule has 2 N–H and O–H groups in total. The number of likely N-dealkylation sites (tertiary alicyclic amines) is 1. The number of para-hydroxylation sites is 2. The van der Waals surface area contributed by atoms with Crippen molar-refractivity contribution < 1.29 is 14.1 Å². The van der Waals surface area contributed by atoms with Crippen molar-refractivity contribution in [2.24, 2.45) is 11.8 Å². The Bertz CT molecular complexity index is 770. The first kappa shape index (κ1) is 17.7. The Balaban J connectivity index is 1.45. The minimum atomic E-state index is -0.489. The van der Waals surface area contributed by atoms with Crippen LogP contribution in [-0.4, -0.2) is 36.7 Å². The lowest BCUT2D eigenvalue weighted by Gasteiger charge is -2.32. The molecule has 1 aromatic heterocycles. The predicted octanol–water partition coefficient (Wildman–Crippen LogP) is 0.662. The quantitative estimate of drug-likeness (QED) is 0.755. The first-order chi connectivity index (χ1) is 12.0. The molecule has 1 aliphatic heterocycles. The molecule has 1 saturated heterocycles. The molecular formula is C19H28N3O3+. The summed E-state index contributed by atoms with van der Waals surface area (Å²) in [5.74, 6) is 0.935. The summed E-state index contributed by atoms with van der Waals surface area (Å²) in [5, 5.41) is 2.92. The summed E-state index contributed by atoms with van der Waals surface area (Å²) in [6.07, 6.45) is 2.29. The fourth-order valence-electron chi connectivity index (χ4n) is 4.06. The summed E-state index contributed by atoms with van der Waals surface area (Å²) >= 11 is 0. The van der Waals surface area contributed by atoms with Gasteiger partial charge in [0.05, 0.1) is 25.2 Å². The summed E-state index contributed by atoms with van der Waals surface area (Å²) in [4.78, 5) is 25.7. The highest BCUT2D eigenvalue weighted by Gasteiger charge is 2.24. The van der Waals surface area contributed by atoms with Gasteiger partial charge in [-0.05, 0) is 18.6 Å². The Labute approximate surface area is 147 Å². The molecule has 1 aliphatic rings. The Kier molecular flexibility index (Phi) is 5.58. The summed E-state index contributed by atoms with van der Waals surface area (Å²) in [5.41, 5.74) is 1.17. The van der Waals surface area contributed by atoms with E-state index in [2.05, 4.69) is 19.2 Å². The Morgan fingerprint density at radius 2 is 2.00 bits per heavy atom. The van der Waals surface area contributed by atoms with Crippen molar-refractivity contribution in [2.75, 3.05) is 26.2 Å². The predicted molar refractivity (Wildman–Crippen MR) is 96.6 cm³/mol. The number of fused-ring (bicyclic) bond motifs is 1. The molecule has 25 heavy (non-hydrogen) atoms. The van der Waals surface area contributed by atoms with E-state index in [0.29, 0.717) is 17.6 Å². The number of aromatic nitrogens is 1. The molecule has 0 spiro atoms. The van der Waals surface area contributed by atoms with Gasteiger partial charge < -0.3 is 14.6 Å². The van der Waals surface area contributed by atoms with Crippen LogP contribution in [0.4, 0.5) is 0 Å². The number of hydrogen-bond acceptors (Lipinski definition) is 3. The van der Waals surface area contributed by atoms with Crippen molar-refractivity contribution in [3.8, 4) is 0 Å². The van der Waals surface area contributed by atoms with Crippen LogP contribution in [0.5, 0.6) is 0 Å². The number of oxazole rings is 1. The summed E-state index contributed by atoms with van der Waals surface area (Å²) in [6.45, 7) is 8.85. The zero-order valence-electron chi connectivity index (χ0n) is 15.1. The molecule has 6 heteroatoms. The molecule has 136 valence electrons. The number of hydrogen-bond donors (Lipinski definition) is 2. The largest absolute Gasteiger partial charge is 0.420 e. The number of amides is 1. The molecule has 2 unspecified atom stereocenters. The van der Waals surface area contributed by atoms with Gasteiger partial charge in [-0.1, -0.05) is 26.0 Å². The molecule has 3 rings (SSSR count). The number of carbonyl (C=O) groups is 1. The Hall–Kier alpha value is -2.08. The van der Waals surface area contributed by atoms with Gasteiger partial charge in [0.25, 0.3) is 0 Å². The molecule has 0 saturated carbocycles. The third kappa shape index (κ3) is 4.51. The lowest BCUT2D eigenvalue weighted by molar-refractivity contribution is -0.912. The van der Waals surface area contributed by atoms with E-state index < -0.39 is 5.76 Å². The molecule has 1 aromatic carbocycles. The smallest absolute Gasteiger partial charge is 0.408 e. The highest BCUT2D eigenvalue weighted by Crippen LogP contribution is 2.12. The average molecular weight is 346 g/mol. The van der Waals surface area contributed by atoms with Gasteiger partial charge in [0.1, 0.15) is 6.54 Å². The van der Waals surface area contributed by atoms with Crippen LogP contribution in [0.3, 0.4) is 0 Å². The second kappa shape index (κ2) is 7.87. The van der Waals surface area contributed by atoms with Gasteiger partial charge in [-0.2, -0.15) is 0 Å². The maximum atomic E-state index is 12.1. The van der Waals surface area contributed by atoms with Crippen LogP contribution < -0.4 is 16.0 Å². The van der Waals surface area contributed by atoms with Crippen LogP contribution in [-0.2, 0) is 11.3 Å². The molecule has 2 aromatic rings. The monoisotopic (exact) mass is 346 g/mol. The van der Waals surface area contributed by atoms with Gasteiger partial charge in [0.15, 0.2) is 5.58 Å². The number of rotatable bonds is 6. The third-order valence-corrected chi connectivity index (χ3v) is 4.98. The fourth-order valence-corrected chi connectivity index (χ4v) is 4.06. The number of nitrogens with one attached hydrogen (secondary N) is 2. The van der Waals surface area contributed by atoms with E-state index in [1.807, 2.05) is 6.07 Å². The van der Waals surface area contributed by atoms with Gasteiger partial charge in [0, 0.05) is 24.8 Å². The lowest BCUT2D eigenvalue weighted by atomic mass is 9.92. The van der Waals surface area contributed by atoms with Crippen LogP contribution in [0.25, 0.3) is 11.1 Å². The molecule has 1 amide bonds. The lowest BCUT2D eigenvalue weighted by Crippen LogP contribution is -3.14. The van der Waals surface area contributed by atoms with Crippen LogP contribution in [0.2, 0.25) is 0 Å². The number of carbonyl (C=O) groups excluding carboxylic acids is 1. The van der Waals surface area contributed by atoms with Gasteiger partial charge in [-0.3, -0.25) is 9.36 Å². The van der Waals surface area contributed by atoms with E-state index >= 15 is 0 Å². The van der Waals surface area contributed by atoms with Crippen molar-refractivity contribution in [3.05, 3.63) is 34.8 Å². The van der Waals surface area contributed by atoms with E-state index in [1.165, 1.54) is 24.1 Å². The van der Waals surface area contributed by atoms with E-state index in [9.17, 15) is 9.59 Å². The van der Waals surface area contributed by atoms with Crippen LogP contribution in [0.15, 0.2) is 33.5 Å². The Morgan fingerprint density at radius 3 is 2.76 bits per heavy atom. The van der Waals surface area contributed by atoms with Gasteiger partial charge in [-0.15, -0.1) is 0 Å². The second-order valence-corrected chi connectivity index (χ2v) is 7.48. The molecule has 2 atom stereocenters. The van der Waals surface area contributed by atoms with E-state index in [0.717, 1.165) is 24.8 Å². The molecule has 0 radical (unpaired) electrons. The first-order valence-electron chi connectivity index (χ1n) is 9.21. The normalized spacial score (nSPS) is 23.7. The van der Waals surface area contributed by atoms with Gasteiger partial charge >= 0.3 is 5.76 Å².